The van der Waals surface area contributed by atoms with E-state index in [9.17, 15) is 10.2 Å². The Kier molecular flexibility index (Phi) is 3.89. The molecule has 2 N–H and O–H groups in total. The van der Waals surface area contributed by atoms with Crippen LogP contribution in [0.2, 0.25) is 0 Å². The predicted molar refractivity (Wildman–Crippen MR) is 87.7 cm³/mol. The molecule has 23 heavy (non-hydrogen) atoms. The van der Waals surface area contributed by atoms with E-state index in [2.05, 4.69) is 16.1 Å². The minimum absolute atomic E-state index is 0.163. The monoisotopic (exact) mass is 309 g/mol. The third-order valence-electron chi connectivity index (χ3n) is 3.51. The molecule has 2 aromatic heterocycles. The number of anilines is 2. The van der Waals surface area contributed by atoms with Crippen molar-refractivity contribution in [3.8, 4) is 23.0 Å². The lowest BCUT2D eigenvalue weighted by Crippen LogP contribution is -2.17. The molecule has 117 valence electrons. The molecule has 1 aromatic carbocycles. The standard InChI is InChI=1S/C17H17N4O2/c1-3-21(12-7-5-4-6-8-12)17-14(22)11-15(23)18-16(17)13-9-10-20(2)19-13/h4-10H,3H2,1-2H3,(H2,18,22,23). The van der Waals surface area contributed by atoms with E-state index in [1.807, 2.05) is 42.2 Å². The summed E-state index contributed by atoms with van der Waals surface area (Å²) < 4.78 is 1.64. The zero-order chi connectivity index (χ0) is 16.4. The maximum Gasteiger partial charge on any atom is 0.223 e. The molecule has 0 atom stereocenters. The number of hydrogen-bond acceptors (Lipinski definition) is 5. The van der Waals surface area contributed by atoms with Gasteiger partial charge in [0.25, 0.3) is 0 Å². The second kappa shape index (κ2) is 6.00. The van der Waals surface area contributed by atoms with Gasteiger partial charge in [-0.3, -0.25) is 4.68 Å². The van der Waals surface area contributed by atoms with E-state index < -0.39 is 0 Å². The highest BCUT2D eigenvalue weighted by Gasteiger charge is 2.22. The molecule has 3 rings (SSSR count). The summed E-state index contributed by atoms with van der Waals surface area (Å²) in [5.41, 5.74) is 2.35. The molecule has 2 heterocycles. The minimum Gasteiger partial charge on any atom is -0.505 e. The highest BCUT2D eigenvalue weighted by Crippen LogP contribution is 2.41. The molecule has 1 radical (unpaired) electrons. The van der Waals surface area contributed by atoms with Gasteiger partial charge in [-0.15, -0.1) is 0 Å². The summed E-state index contributed by atoms with van der Waals surface area (Å²) in [5, 5.41) is 24.4. The summed E-state index contributed by atoms with van der Waals surface area (Å²) in [7, 11) is 1.80. The first-order chi connectivity index (χ1) is 11.1. The Morgan fingerprint density at radius 2 is 1.91 bits per heavy atom. The molecule has 0 bridgehead atoms. The Bertz CT molecular complexity index is 815. The second-order valence-corrected chi connectivity index (χ2v) is 5.06. The normalized spacial score (nSPS) is 10.7. The molecule has 6 heteroatoms. The summed E-state index contributed by atoms with van der Waals surface area (Å²) >= 11 is 0. The number of hydrogen-bond donors (Lipinski definition) is 2. The van der Waals surface area contributed by atoms with Crippen molar-refractivity contribution in [2.45, 2.75) is 6.92 Å². The van der Waals surface area contributed by atoms with Gasteiger partial charge in [0.2, 0.25) is 5.88 Å². The van der Waals surface area contributed by atoms with Crippen molar-refractivity contribution in [3.63, 3.8) is 0 Å². The third-order valence-corrected chi connectivity index (χ3v) is 3.51. The molecule has 0 unspecified atom stereocenters. The summed E-state index contributed by atoms with van der Waals surface area (Å²) in [5.74, 6) is -0.528. The Labute approximate surface area is 134 Å². The molecule has 0 saturated carbocycles. The lowest BCUT2D eigenvalue weighted by Gasteiger charge is -2.25. The van der Waals surface area contributed by atoms with Gasteiger partial charge in [-0.2, -0.15) is 5.10 Å². The van der Waals surface area contributed by atoms with Gasteiger partial charge < -0.3 is 15.1 Å². The first kappa shape index (κ1) is 14.9. The fraction of sp³-hybridized carbons (Fsp3) is 0.176. The molecular weight excluding hydrogens is 292 g/mol. The van der Waals surface area contributed by atoms with Crippen molar-refractivity contribution < 1.29 is 10.2 Å². The van der Waals surface area contributed by atoms with Crippen molar-refractivity contribution in [1.82, 2.24) is 14.8 Å². The molecule has 0 spiro atoms. The lowest BCUT2D eigenvalue weighted by molar-refractivity contribution is 0.434. The number of aryl methyl sites for hydroxylation is 1. The molecule has 0 aliphatic heterocycles. The number of pyridine rings is 1. The second-order valence-electron chi connectivity index (χ2n) is 5.06. The van der Waals surface area contributed by atoms with Crippen molar-refractivity contribution in [2.24, 2.45) is 7.05 Å². The molecule has 6 nitrogen and oxygen atoms in total. The largest absolute Gasteiger partial charge is 0.505 e. The van der Waals surface area contributed by atoms with Crippen molar-refractivity contribution >= 4 is 11.4 Å². The Morgan fingerprint density at radius 3 is 2.52 bits per heavy atom. The van der Waals surface area contributed by atoms with E-state index in [0.717, 1.165) is 5.69 Å². The van der Waals surface area contributed by atoms with Crippen LogP contribution in [-0.4, -0.2) is 31.5 Å². The smallest absolute Gasteiger partial charge is 0.223 e. The molecule has 0 aliphatic rings. The zero-order valence-corrected chi connectivity index (χ0v) is 12.9. The Morgan fingerprint density at radius 1 is 1.17 bits per heavy atom. The lowest BCUT2D eigenvalue weighted by atomic mass is 10.1. The molecule has 0 aliphatic carbocycles. The third kappa shape index (κ3) is 2.83. The van der Waals surface area contributed by atoms with Gasteiger partial charge in [0, 0.05) is 25.5 Å². The van der Waals surface area contributed by atoms with Crippen LogP contribution in [-0.2, 0) is 7.05 Å². The van der Waals surface area contributed by atoms with Crippen LogP contribution < -0.4 is 4.90 Å². The van der Waals surface area contributed by atoms with Gasteiger partial charge in [-0.25, -0.2) is 4.98 Å². The molecule has 0 amide bonds. The number of rotatable bonds is 4. The van der Waals surface area contributed by atoms with Crippen molar-refractivity contribution in [3.05, 3.63) is 48.7 Å². The van der Waals surface area contributed by atoms with Crippen LogP contribution >= 0.6 is 0 Å². The summed E-state index contributed by atoms with van der Waals surface area (Å²) in [6.45, 7) is 2.58. The van der Waals surface area contributed by atoms with Crippen LogP contribution in [0.25, 0.3) is 11.4 Å². The van der Waals surface area contributed by atoms with Crippen molar-refractivity contribution in [1.29, 1.82) is 0 Å². The topological polar surface area (TPSA) is 74.4 Å². The average molecular weight is 309 g/mol. The van der Waals surface area contributed by atoms with Gasteiger partial charge in [0.15, 0.2) is 5.75 Å². The van der Waals surface area contributed by atoms with Crippen LogP contribution in [0.3, 0.4) is 0 Å². The van der Waals surface area contributed by atoms with Crippen LogP contribution in [0.1, 0.15) is 6.92 Å². The van der Waals surface area contributed by atoms with Crippen LogP contribution in [0.5, 0.6) is 11.6 Å². The summed E-state index contributed by atoms with van der Waals surface area (Å²) in [4.78, 5) is 6.04. The fourth-order valence-corrected chi connectivity index (χ4v) is 2.52. The number of aromatic hydroxyl groups is 2. The number of aromatic nitrogens is 3. The Balaban J connectivity index is 2.21. The molecule has 0 fully saturated rings. The zero-order valence-electron chi connectivity index (χ0n) is 12.9. The van der Waals surface area contributed by atoms with E-state index >= 15 is 0 Å². The van der Waals surface area contributed by atoms with E-state index in [4.69, 9.17) is 0 Å². The van der Waals surface area contributed by atoms with Gasteiger partial charge in [-0.1, -0.05) is 18.2 Å². The summed E-state index contributed by atoms with van der Waals surface area (Å²) in [6, 6.07) is 13.9. The maximum atomic E-state index is 10.4. The first-order valence-corrected chi connectivity index (χ1v) is 7.28. The van der Waals surface area contributed by atoms with Gasteiger partial charge >= 0.3 is 0 Å². The van der Waals surface area contributed by atoms with Gasteiger partial charge in [-0.05, 0) is 25.1 Å². The van der Waals surface area contributed by atoms with Crippen LogP contribution in [0.4, 0.5) is 11.4 Å². The number of benzene rings is 1. The van der Waals surface area contributed by atoms with E-state index in [1.165, 1.54) is 0 Å². The van der Waals surface area contributed by atoms with E-state index in [-0.39, 0.29) is 11.6 Å². The van der Waals surface area contributed by atoms with Crippen molar-refractivity contribution in [2.75, 3.05) is 11.4 Å². The van der Waals surface area contributed by atoms with Gasteiger partial charge in [0.05, 0.1) is 6.07 Å². The number of nitrogens with zero attached hydrogens (tertiary/aromatic N) is 4. The first-order valence-electron chi connectivity index (χ1n) is 7.28. The minimum atomic E-state index is -0.365. The molecule has 0 saturated heterocycles. The highest BCUT2D eigenvalue weighted by molar-refractivity contribution is 5.82. The van der Waals surface area contributed by atoms with Crippen LogP contribution in [0.15, 0.2) is 42.6 Å². The van der Waals surface area contributed by atoms with E-state index in [1.54, 1.807) is 24.0 Å². The van der Waals surface area contributed by atoms with Crippen LogP contribution in [0, 0.1) is 6.07 Å². The highest BCUT2D eigenvalue weighted by atomic mass is 16.3. The predicted octanol–water partition coefficient (Wildman–Crippen LogP) is 2.85. The molecular formula is C17H17N4O2. The SMILES string of the molecule is CCN(c1ccccc1)c1c(O)[c]c(O)nc1-c1ccn(C)n1. The van der Waals surface area contributed by atoms with E-state index in [0.29, 0.717) is 23.6 Å². The Hall–Kier alpha value is -3.02. The molecule has 3 aromatic rings. The quantitative estimate of drug-likeness (QED) is 0.775. The summed E-state index contributed by atoms with van der Waals surface area (Å²) in [6.07, 6.45) is 1.78. The average Bonchev–Trinajstić information content (AvgIpc) is 2.97. The van der Waals surface area contributed by atoms with Gasteiger partial charge in [0.1, 0.15) is 17.1 Å². The fourth-order valence-electron chi connectivity index (χ4n) is 2.52. The number of para-hydroxylation sites is 1. The maximum absolute atomic E-state index is 10.4.